The molecule has 0 bridgehead atoms. The first-order chi connectivity index (χ1) is 9.20. The van der Waals surface area contributed by atoms with Gasteiger partial charge in [0.25, 0.3) is 0 Å². The van der Waals surface area contributed by atoms with Crippen molar-refractivity contribution in [1.82, 2.24) is 0 Å². The van der Waals surface area contributed by atoms with Crippen LogP contribution in [0.15, 0.2) is 52.9 Å². The predicted molar refractivity (Wildman–Crippen MR) is 76.5 cm³/mol. The molecular weight excluding hydrogens is 236 g/mol. The number of benzene rings is 2. The van der Waals surface area contributed by atoms with Crippen LogP contribution >= 0.6 is 0 Å². The van der Waals surface area contributed by atoms with Gasteiger partial charge in [-0.15, -0.1) is 0 Å². The highest BCUT2D eigenvalue weighted by atomic mass is 16.5. The first-order valence-electron chi connectivity index (χ1n) is 6.39. The van der Waals surface area contributed by atoms with Crippen molar-refractivity contribution < 1.29 is 9.15 Å². The van der Waals surface area contributed by atoms with Crippen LogP contribution in [0, 0.1) is 13.8 Å². The van der Waals surface area contributed by atoms with Gasteiger partial charge in [-0.25, -0.2) is 0 Å². The number of hydrogen-bond donors (Lipinski definition) is 0. The van der Waals surface area contributed by atoms with Gasteiger partial charge >= 0.3 is 0 Å². The molecule has 1 heterocycles. The van der Waals surface area contributed by atoms with E-state index in [1.165, 1.54) is 11.1 Å². The Hall–Kier alpha value is -2.22. The Balaban J connectivity index is 1.78. The molecule has 2 aromatic carbocycles. The second-order valence-corrected chi connectivity index (χ2v) is 4.86. The van der Waals surface area contributed by atoms with Crippen molar-refractivity contribution in [3.8, 4) is 5.75 Å². The minimum absolute atomic E-state index is 0.456. The third kappa shape index (κ3) is 2.63. The molecule has 2 heteroatoms. The second kappa shape index (κ2) is 4.81. The Morgan fingerprint density at radius 3 is 2.63 bits per heavy atom. The van der Waals surface area contributed by atoms with Gasteiger partial charge in [0.2, 0.25) is 0 Å². The van der Waals surface area contributed by atoms with E-state index in [0.29, 0.717) is 6.61 Å². The van der Waals surface area contributed by atoms with Crippen LogP contribution < -0.4 is 4.74 Å². The van der Waals surface area contributed by atoms with E-state index >= 15 is 0 Å². The van der Waals surface area contributed by atoms with E-state index in [9.17, 15) is 0 Å². The molecule has 96 valence electrons. The van der Waals surface area contributed by atoms with E-state index in [2.05, 4.69) is 32.0 Å². The van der Waals surface area contributed by atoms with Crippen molar-refractivity contribution >= 4 is 11.0 Å². The van der Waals surface area contributed by atoms with Crippen LogP contribution in [-0.4, -0.2) is 0 Å². The quantitative estimate of drug-likeness (QED) is 0.678. The fraction of sp³-hybridized carbons (Fsp3) is 0.176. The Morgan fingerprint density at radius 2 is 1.79 bits per heavy atom. The molecule has 0 aliphatic carbocycles. The molecule has 0 spiro atoms. The molecular formula is C17H16O2. The van der Waals surface area contributed by atoms with Gasteiger partial charge in [-0.3, -0.25) is 0 Å². The number of aryl methyl sites for hydroxylation is 2. The fourth-order valence-electron chi connectivity index (χ4n) is 2.15. The molecule has 0 aliphatic rings. The summed E-state index contributed by atoms with van der Waals surface area (Å²) in [7, 11) is 0. The molecule has 3 aromatic rings. The molecule has 2 nitrogen and oxygen atoms in total. The van der Waals surface area contributed by atoms with Gasteiger partial charge in [0, 0.05) is 5.39 Å². The SMILES string of the molecule is Cc1cccc(OCc2cc3cc(C)ccc3o2)c1. The topological polar surface area (TPSA) is 22.4 Å². The third-order valence-corrected chi connectivity index (χ3v) is 3.09. The second-order valence-electron chi connectivity index (χ2n) is 4.86. The standard InChI is InChI=1S/C17H16O2/c1-12-4-3-5-15(9-12)18-11-16-10-14-8-13(2)6-7-17(14)19-16/h3-10H,11H2,1-2H3. The lowest BCUT2D eigenvalue weighted by atomic mass is 10.2. The van der Waals surface area contributed by atoms with E-state index in [0.717, 1.165) is 22.5 Å². The summed E-state index contributed by atoms with van der Waals surface area (Å²) in [5.74, 6) is 1.72. The average Bonchev–Trinajstić information content (AvgIpc) is 2.78. The number of ether oxygens (including phenoxy) is 1. The Morgan fingerprint density at radius 1 is 0.947 bits per heavy atom. The summed E-state index contributed by atoms with van der Waals surface area (Å²) in [5, 5.41) is 1.13. The number of furan rings is 1. The van der Waals surface area contributed by atoms with Crippen molar-refractivity contribution in [2.45, 2.75) is 20.5 Å². The summed E-state index contributed by atoms with van der Waals surface area (Å²) in [6.45, 7) is 4.59. The van der Waals surface area contributed by atoms with Crippen LogP contribution in [0.2, 0.25) is 0 Å². The van der Waals surface area contributed by atoms with Crippen LogP contribution in [0.25, 0.3) is 11.0 Å². The molecule has 19 heavy (non-hydrogen) atoms. The van der Waals surface area contributed by atoms with Crippen molar-refractivity contribution in [2.75, 3.05) is 0 Å². The zero-order valence-corrected chi connectivity index (χ0v) is 11.1. The van der Waals surface area contributed by atoms with Gasteiger partial charge in [-0.2, -0.15) is 0 Å². The van der Waals surface area contributed by atoms with Crippen LogP contribution in [0.3, 0.4) is 0 Å². The molecule has 0 saturated heterocycles. The van der Waals surface area contributed by atoms with Crippen molar-refractivity contribution in [3.05, 3.63) is 65.4 Å². The highest BCUT2D eigenvalue weighted by Gasteiger charge is 2.04. The molecule has 0 atom stereocenters. The van der Waals surface area contributed by atoms with E-state index < -0.39 is 0 Å². The summed E-state index contributed by atoms with van der Waals surface area (Å²) >= 11 is 0. The van der Waals surface area contributed by atoms with E-state index in [-0.39, 0.29) is 0 Å². The molecule has 0 saturated carbocycles. The first kappa shape index (κ1) is 11.8. The molecule has 1 aromatic heterocycles. The predicted octanol–water partition coefficient (Wildman–Crippen LogP) is 4.63. The molecule has 0 amide bonds. The molecule has 0 aliphatic heterocycles. The van der Waals surface area contributed by atoms with E-state index in [1.54, 1.807) is 0 Å². The van der Waals surface area contributed by atoms with Gasteiger partial charge in [0.05, 0.1) is 0 Å². The first-order valence-corrected chi connectivity index (χ1v) is 6.39. The molecule has 0 fully saturated rings. The van der Waals surface area contributed by atoms with Crippen LogP contribution in [0.5, 0.6) is 5.75 Å². The summed E-state index contributed by atoms with van der Waals surface area (Å²) in [6.07, 6.45) is 0. The fourth-order valence-corrected chi connectivity index (χ4v) is 2.15. The van der Waals surface area contributed by atoms with Gasteiger partial charge in [-0.05, 0) is 49.7 Å². The van der Waals surface area contributed by atoms with E-state index in [4.69, 9.17) is 9.15 Å². The minimum atomic E-state index is 0.456. The van der Waals surface area contributed by atoms with Crippen LogP contribution in [-0.2, 0) is 6.61 Å². The number of rotatable bonds is 3. The summed E-state index contributed by atoms with van der Waals surface area (Å²) in [5.41, 5.74) is 3.34. The highest BCUT2D eigenvalue weighted by molar-refractivity contribution is 5.78. The third-order valence-electron chi connectivity index (χ3n) is 3.09. The molecule has 0 radical (unpaired) electrons. The molecule has 3 rings (SSSR count). The van der Waals surface area contributed by atoms with Crippen molar-refractivity contribution in [1.29, 1.82) is 0 Å². The largest absolute Gasteiger partial charge is 0.486 e. The molecule has 0 N–H and O–H groups in total. The average molecular weight is 252 g/mol. The normalized spacial score (nSPS) is 10.8. The zero-order chi connectivity index (χ0) is 13.2. The monoisotopic (exact) mass is 252 g/mol. The van der Waals surface area contributed by atoms with Crippen LogP contribution in [0.4, 0.5) is 0 Å². The lowest BCUT2D eigenvalue weighted by Gasteiger charge is -2.04. The maximum absolute atomic E-state index is 5.75. The van der Waals surface area contributed by atoms with Crippen LogP contribution in [0.1, 0.15) is 16.9 Å². The van der Waals surface area contributed by atoms with Crippen molar-refractivity contribution in [2.24, 2.45) is 0 Å². The summed E-state index contributed by atoms with van der Waals surface area (Å²) in [6, 6.07) is 16.2. The van der Waals surface area contributed by atoms with E-state index in [1.807, 2.05) is 30.3 Å². The van der Waals surface area contributed by atoms with Gasteiger partial charge in [0.15, 0.2) is 0 Å². The number of hydrogen-bond acceptors (Lipinski definition) is 2. The van der Waals surface area contributed by atoms with Gasteiger partial charge < -0.3 is 9.15 Å². The van der Waals surface area contributed by atoms with Gasteiger partial charge in [0.1, 0.15) is 23.7 Å². The Labute approximate surface area is 112 Å². The summed E-state index contributed by atoms with van der Waals surface area (Å²) < 4.78 is 11.5. The summed E-state index contributed by atoms with van der Waals surface area (Å²) in [4.78, 5) is 0. The highest BCUT2D eigenvalue weighted by Crippen LogP contribution is 2.22. The smallest absolute Gasteiger partial charge is 0.146 e. The Kier molecular flexibility index (Phi) is 3.00. The maximum Gasteiger partial charge on any atom is 0.146 e. The lowest BCUT2D eigenvalue weighted by molar-refractivity contribution is 0.274. The molecule has 0 unspecified atom stereocenters. The number of fused-ring (bicyclic) bond motifs is 1. The Bertz CT molecular complexity index is 710. The van der Waals surface area contributed by atoms with Gasteiger partial charge in [-0.1, -0.05) is 23.8 Å². The minimum Gasteiger partial charge on any atom is -0.486 e. The maximum atomic E-state index is 5.75. The lowest BCUT2D eigenvalue weighted by Crippen LogP contribution is -1.93. The van der Waals surface area contributed by atoms with Crippen molar-refractivity contribution in [3.63, 3.8) is 0 Å². The zero-order valence-electron chi connectivity index (χ0n) is 11.1.